The summed E-state index contributed by atoms with van der Waals surface area (Å²) in [6.45, 7) is 2.77. The Labute approximate surface area is 190 Å². The Hall–Kier alpha value is -2.44. The molecule has 0 radical (unpaired) electrons. The number of hydrogen-bond donors (Lipinski definition) is 0. The summed E-state index contributed by atoms with van der Waals surface area (Å²) in [4.78, 5) is 4.67. The predicted octanol–water partition coefficient (Wildman–Crippen LogP) is 4.73. The number of hydrogen-bond acceptors (Lipinski definition) is 2. The van der Waals surface area contributed by atoms with Gasteiger partial charge in [-0.3, -0.25) is 4.99 Å². The smallest absolute Gasteiger partial charge is 0.157 e. The first kappa shape index (κ1) is 22.2. The fourth-order valence-corrected chi connectivity index (χ4v) is 5.75. The van der Waals surface area contributed by atoms with Gasteiger partial charge < -0.3 is 35.1 Å². The van der Waals surface area contributed by atoms with Crippen LogP contribution in [0.3, 0.4) is 0 Å². The van der Waals surface area contributed by atoms with Gasteiger partial charge in [-0.2, -0.15) is 6.07 Å². The van der Waals surface area contributed by atoms with Crippen molar-refractivity contribution in [2.75, 3.05) is 6.61 Å². The third kappa shape index (κ3) is 5.37. The average Bonchev–Trinajstić information content (AvgIpc) is 3.54. The first-order chi connectivity index (χ1) is 14.3. The molecule has 2 nitrogen and oxygen atoms in total. The molecule has 30 heavy (non-hydrogen) atoms. The van der Waals surface area contributed by atoms with E-state index in [0.29, 0.717) is 6.61 Å². The van der Waals surface area contributed by atoms with Crippen LogP contribution in [0.15, 0.2) is 114 Å². The molecule has 0 aliphatic carbocycles. The van der Waals surface area contributed by atoms with E-state index in [-0.39, 0.29) is 23.1 Å². The molecule has 4 aromatic carbocycles. The summed E-state index contributed by atoms with van der Waals surface area (Å²) < 4.78 is 5.83. The summed E-state index contributed by atoms with van der Waals surface area (Å²) in [7, 11) is -0.621. The van der Waals surface area contributed by atoms with E-state index in [1.54, 1.807) is 0 Å². The monoisotopic (exact) mass is 453 g/mol. The Bertz CT molecular complexity index is 969. The number of nitrogens with zero attached hydrogens (tertiary/aromatic N) is 1. The van der Waals surface area contributed by atoms with Crippen molar-refractivity contribution < 1.29 is 21.8 Å². The van der Waals surface area contributed by atoms with Crippen molar-refractivity contribution in [1.29, 1.82) is 0 Å². The van der Waals surface area contributed by atoms with Gasteiger partial charge in [-0.25, -0.2) is 12.1 Å². The van der Waals surface area contributed by atoms with Gasteiger partial charge in [0.25, 0.3) is 0 Å². The molecule has 0 unspecified atom stereocenters. The van der Waals surface area contributed by atoms with Crippen LogP contribution < -0.4 is 15.9 Å². The molecular formula is C26H24FeNOP-6. The van der Waals surface area contributed by atoms with Gasteiger partial charge in [0.15, 0.2) is 5.90 Å². The molecule has 4 aromatic rings. The normalized spacial score (nSPS) is 14.9. The number of aliphatic imine (C=N–C) groups is 1. The molecule has 158 valence electrons. The van der Waals surface area contributed by atoms with Crippen LogP contribution in [-0.4, -0.2) is 18.5 Å². The molecule has 1 heterocycles. The molecule has 0 spiro atoms. The third-order valence-electron chi connectivity index (χ3n) is 4.65. The standard InChI is InChI=1S/C21H19NOP.C5H5.Fe/c1-16-15-23-21(22-16)19-13-8-14-20(19)24(17-9-4-2-5-10-17)18-11-6-3-7-12-18;1-2-4-5-3-1;/h2-14,16H,15H2,1H3;1-5H;/q-1;-5;/t16-;;/m0../s1. The topological polar surface area (TPSA) is 21.6 Å². The van der Waals surface area contributed by atoms with Crippen molar-refractivity contribution in [3.8, 4) is 0 Å². The Kier molecular flexibility index (Phi) is 8.22. The Morgan fingerprint density at radius 2 is 1.37 bits per heavy atom. The van der Waals surface area contributed by atoms with E-state index in [2.05, 4.69) is 90.8 Å². The average molecular weight is 453 g/mol. The molecule has 0 saturated carbocycles. The molecule has 1 atom stereocenters. The van der Waals surface area contributed by atoms with Crippen LogP contribution >= 0.6 is 7.92 Å². The molecule has 0 amide bonds. The van der Waals surface area contributed by atoms with Crippen molar-refractivity contribution >= 4 is 29.7 Å². The van der Waals surface area contributed by atoms with Gasteiger partial charge in [0.05, 0.1) is 6.04 Å². The van der Waals surface area contributed by atoms with Crippen molar-refractivity contribution in [2.24, 2.45) is 4.99 Å². The van der Waals surface area contributed by atoms with Crippen LogP contribution in [0.5, 0.6) is 0 Å². The second-order valence-electron chi connectivity index (χ2n) is 6.89. The summed E-state index contributed by atoms with van der Waals surface area (Å²) in [6, 6.07) is 38.2. The number of rotatable bonds is 4. The van der Waals surface area contributed by atoms with Crippen LogP contribution in [0, 0.1) is 0 Å². The second kappa shape index (κ2) is 11.1. The SMILES string of the molecule is C[C@H]1COC([c-]2cccc2P(c2ccccc2)c2ccccc2)=N1.[Fe].[cH-]1[cH-][cH-][cH-][cH-]1. The van der Waals surface area contributed by atoms with Crippen LogP contribution in [0.2, 0.25) is 0 Å². The van der Waals surface area contributed by atoms with E-state index in [1.165, 1.54) is 15.9 Å². The second-order valence-corrected chi connectivity index (χ2v) is 9.07. The van der Waals surface area contributed by atoms with Crippen molar-refractivity contribution in [3.05, 3.63) is 115 Å². The zero-order valence-corrected chi connectivity index (χ0v) is 18.8. The first-order valence-electron chi connectivity index (χ1n) is 9.86. The van der Waals surface area contributed by atoms with E-state index in [0.717, 1.165) is 11.5 Å². The fraction of sp³-hybridized carbons (Fsp3) is 0.115. The van der Waals surface area contributed by atoms with Crippen molar-refractivity contribution in [2.45, 2.75) is 13.0 Å². The minimum Gasteiger partial charge on any atom is -0.748 e. The summed E-state index contributed by atoms with van der Waals surface area (Å²) in [6.07, 6.45) is 0. The Balaban J connectivity index is 0.000000376. The molecular weight excluding hydrogens is 429 g/mol. The van der Waals surface area contributed by atoms with E-state index in [9.17, 15) is 0 Å². The summed E-state index contributed by atoms with van der Waals surface area (Å²) in [5.41, 5.74) is 1.14. The van der Waals surface area contributed by atoms with Gasteiger partial charge in [-0.15, -0.1) is 5.30 Å². The van der Waals surface area contributed by atoms with Gasteiger partial charge >= 0.3 is 0 Å². The van der Waals surface area contributed by atoms with Crippen LogP contribution in [-0.2, 0) is 21.8 Å². The summed E-state index contributed by atoms with van der Waals surface area (Å²) in [5.74, 6) is 0.793. The van der Waals surface area contributed by atoms with Crippen molar-refractivity contribution in [3.63, 3.8) is 0 Å². The van der Waals surface area contributed by atoms with Crippen LogP contribution in [0.1, 0.15) is 12.5 Å². The van der Waals surface area contributed by atoms with Crippen LogP contribution in [0.25, 0.3) is 0 Å². The fourth-order valence-electron chi connectivity index (χ4n) is 3.31. The van der Waals surface area contributed by atoms with Gasteiger partial charge in [-0.05, 0) is 25.5 Å². The summed E-state index contributed by atoms with van der Waals surface area (Å²) in [5, 5.41) is 4.01. The van der Waals surface area contributed by atoms with E-state index >= 15 is 0 Å². The Morgan fingerprint density at radius 1 is 0.833 bits per heavy atom. The molecule has 0 N–H and O–H groups in total. The van der Waals surface area contributed by atoms with E-state index in [1.807, 2.05) is 30.3 Å². The minimum absolute atomic E-state index is 0. The molecule has 5 rings (SSSR count). The summed E-state index contributed by atoms with van der Waals surface area (Å²) >= 11 is 0. The van der Waals surface area contributed by atoms with Crippen LogP contribution in [0.4, 0.5) is 0 Å². The van der Waals surface area contributed by atoms with Gasteiger partial charge in [0.2, 0.25) is 0 Å². The quantitative estimate of drug-likeness (QED) is 0.249. The van der Waals surface area contributed by atoms with Gasteiger partial charge in [0, 0.05) is 17.1 Å². The van der Waals surface area contributed by atoms with E-state index < -0.39 is 7.92 Å². The maximum Gasteiger partial charge on any atom is 0.157 e. The molecule has 1 aliphatic rings. The largest absolute Gasteiger partial charge is 0.748 e. The maximum absolute atomic E-state index is 5.83. The zero-order chi connectivity index (χ0) is 19.9. The first-order valence-corrected chi connectivity index (χ1v) is 11.2. The zero-order valence-electron chi connectivity index (χ0n) is 16.8. The van der Waals surface area contributed by atoms with Crippen molar-refractivity contribution in [1.82, 2.24) is 0 Å². The molecule has 0 fully saturated rings. The molecule has 4 heteroatoms. The number of ether oxygens (including phenoxy) is 1. The predicted molar refractivity (Wildman–Crippen MR) is 125 cm³/mol. The Morgan fingerprint density at radius 3 is 1.83 bits per heavy atom. The minimum atomic E-state index is -0.621. The third-order valence-corrected chi connectivity index (χ3v) is 7.15. The van der Waals surface area contributed by atoms with Gasteiger partial charge in [0.1, 0.15) is 6.61 Å². The molecule has 0 aromatic heterocycles. The number of benzene rings is 2. The molecule has 0 bridgehead atoms. The van der Waals surface area contributed by atoms with Gasteiger partial charge in [-0.1, -0.05) is 66.2 Å². The maximum atomic E-state index is 5.83. The molecule has 0 saturated heterocycles. The van der Waals surface area contributed by atoms with E-state index in [4.69, 9.17) is 4.74 Å². The molecule has 1 aliphatic heterocycles.